The number of anilines is 1. The molecule has 23 heavy (non-hydrogen) atoms. The minimum Gasteiger partial charge on any atom is -0.465 e. The van der Waals surface area contributed by atoms with Crippen molar-refractivity contribution < 1.29 is 19.1 Å². The molecule has 0 saturated heterocycles. The van der Waals surface area contributed by atoms with Crippen molar-refractivity contribution in [1.29, 1.82) is 0 Å². The maximum absolute atomic E-state index is 13.3. The quantitative estimate of drug-likeness (QED) is 0.877. The van der Waals surface area contributed by atoms with Crippen LogP contribution in [-0.2, 0) is 4.79 Å². The van der Waals surface area contributed by atoms with Crippen LogP contribution in [0.2, 0.25) is 0 Å². The molecule has 1 aromatic heterocycles. The first-order valence-electron chi connectivity index (χ1n) is 7.20. The standard InChI is InChI=1S/C15H18FN3O3S/c1-4-19(13(20)12(8(2)3)18-15(21)22)14-17-10-6-5-9(16)7-11(10)23-14/h5-8,12,18H,4H2,1-3H3,(H,21,22). The van der Waals surface area contributed by atoms with Gasteiger partial charge in [-0.25, -0.2) is 14.2 Å². The zero-order valence-corrected chi connectivity index (χ0v) is 13.9. The number of benzene rings is 1. The molecular weight excluding hydrogens is 321 g/mol. The van der Waals surface area contributed by atoms with Crippen LogP contribution in [0.15, 0.2) is 18.2 Å². The number of carboxylic acid groups (broad SMARTS) is 1. The average molecular weight is 339 g/mol. The molecule has 0 aliphatic rings. The van der Waals surface area contributed by atoms with E-state index in [2.05, 4.69) is 10.3 Å². The second-order valence-corrected chi connectivity index (χ2v) is 6.37. The Morgan fingerprint density at radius 2 is 2.13 bits per heavy atom. The lowest BCUT2D eigenvalue weighted by molar-refractivity contribution is -0.121. The molecule has 2 rings (SSSR count). The van der Waals surface area contributed by atoms with E-state index in [0.29, 0.717) is 21.9 Å². The largest absolute Gasteiger partial charge is 0.465 e. The van der Waals surface area contributed by atoms with Crippen LogP contribution < -0.4 is 10.2 Å². The van der Waals surface area contributed by atoms with Crippen molar-refractivity contribution in [2.75, 3.05) is 11.4 Å². The Labute approximate surface area is 136 Å². The van der Waals surface area contributed by atoms with Gasteiger partial charge in [-0.1, -0.05) is 25.2 Å². The molecule has 2 aromatic rings. The van der Waals surface area contributed by atoms with E-state index in [4.69, 9.17) is 5.11 Å². The van der Waals surface area contributed by atoms with Gasteiger partial charge in [0.15, 0.2) is 5.13 Å². The van der Waals surface area contributed by atoms with Crippen molar-refractivity contribution in [3.8, 4) is 0 Å². The average Bonchev–Trinajstić information content (AvgIpc) is 2.87. The number of halogens is 1. The molecular formula is C15H18FN3O3S. The van der Waals surface area contributed by atoms with Gasteiger partial charge in [-0.2, -0.15) is 0 Å². The maximum Gasteiger partial charge on any atom is 0.405 e. The van der Waals surface area contributed by atoms with E-state index in [1.807, 2.05) is 0 Å². The zero-order valence-electron chi connectivity index (χ0n) is 13.0. The van der Waals surface area contributed by atoms with E-state index in [9.17, 15) is 14.0 Å². The van der Waals surface area contributed by atoms with E-state index in [1.165, 1.54) is 28.4 Å². The van der Waals surface area contributed by atoms with Gasteiger partial charge in [0.25, 0.3) is 5.91 Å². The number of aromatic nitrogens is 1. The summed E-state index contributed by atoms with van der Waals surface area (Å²) in [6.45, 7) is 5.65. The third-order valence-corrected chi connectivity index (χ3v) is 4.41. The number of carbonyl (C=O) groups excluding carboxylic acids is 1. The van der Waals surface area contributed by atoms with E-state index < -0.39 is 12.1 Å². The number of hydrogen-bond acceptors (Lipinski definition) is 4. The summed E-state index contributed by atoms with van der Waals surface area (Å²) in [7, 11) is 0. The molecule has 6 nitrogen and oxygen atoms in total. The van der Waals surface area contributed by atoms with Crippen molar-refractivity contribution in [3.63, 3.8) is 0 Å². The molecule has 1 atom stereocenters. The zero-order chi connectivity index (χ0) is 17.1. The fraction of sp³-hybridized carbons (Fsp3) is 0.400. The Bertz CT molecular complexity index is 732. The summed E-state index contributed by atoms with van der Waals surface area (Å²) < 4.78 is 13.9. The van der Waals surface area contributed by atoms with Gasteiger partial charge in [-0.05, 0) is 31.0 Å². The van der Waals surface area contributed by atoms with Gasteiger partial charge >= 0.3 is 6.09 Å². The molecule has 0 aliphatic carbocycles. The first-order chi connectivity index (χ1) is 10.8. The first kappa shape index (κ1) is 17.1. The number of nitrogens with zero attached hydrogens (tertiary/aromatic N) is 2. The molecule has 0 radical (unpaired) electrons. The number of nitrogens with one attached hydrogen (secondary N) is 1. The minimum absolute atomic E-state index is 0.209. The minimum atomic E-state index is -1.25. The van der Waals surface area contributed by atoms with Gasteiger partial charge in [-0.15, -0.1) is 0 Å². The lowest BCUT2D eigenvalue weighted by Gasteiger charge is -2.26. The summed E-state index contributed by atoms with van der Waals surface area (Å²) in [6, 6.07) is 3.37. The van der Waals surface area contributed by atoms with Crippen molar-refractivity contribution in [1.82, 2.24) is 10.3 Å². The third kappa shape index (κ3) is 3.76. The van der Waals surface area contributed by atoms with Crippen LogP contribution >= 0.6 is 11.3 Å². The number of carbonyl (C=O) groups is 2. The second kappa shape index (κ2) is 6.91. The number of amides is 2. The van der Waals surface area contributed by atoms with Crippen molar-refractivity contribution in [3.05, 3.63) is 24.0 Å². The Morgan fingerprint density at radius 1 is 1.43 bits per heavy atom. The van der Waals surface area contributed by atoms with Crippen molar-refractivity contribution in [2.24, 2.45) is 5.92 Å². The molecule has 1 heterocycles. The van der Waals surface area contributed by atoms with E-state index >= 15 is 0 Å². The third-order valence-electron chi connectivity index (χ3n) is 3.36. The topological polar surface area (TPSA) is 82.5 Å². The highest BCUT2D eigenvalue weighted by molar-refractivity contribution is 7.22. The summed E-state index contributed by atoms with van der Waals surface area (Å²) >= 11 is 1.20. The highest BCUT2D eigenvalue weighted by atomic mass is 32.1. The molecule has 0 saturated carbocycles. The molecule has 124 valence electrons. The van der Waals surface area contributed by atoms with E-state index in [1.54, 1.807) is 26.8 Å². The van der Waals surface area contributed by atoms with E-state index in [-0.39, 0.29) is 17.6 Å². The summed E-state index contributed by atoms with van der Waals surface area (Å²) in [5.74, 6) is -0.946. The molecule has 0 aliphatic heterocycles. The van der Waals surface area contributed by atoms with Crippen LogP contribution in [0.5, 0.6) is 0 Å². The SMILES string of the molecule is CCN(C(=O)C(NC(=O)O)C(C)C)c1nc2ccc(F)cc2s1. The molecule has 0 bridgehead atoms. The highest BCUT2D eigenvalue weighted by Gasteiger charge is 2.30. The Morgan fingerprint density at radius 3 is 2.70 bits per heavy atom. The van der Waals surface area contributed by atoms with Crippen LogP contribution in [0.3, 0.4) is 0 Å². The fourth-order valence-electron chi connectivity index (χ4n) is 2.20. The molecule has 0 spiro atoms. The van der Waals surface area contributed by atoms with Crippen molar-refractivity contribution >= 4 is 38.7 Å². The van der Waals surface area contributed by atoms with Gasteiger partial charge in [0.2, 0.25) is 0 Å². The molecule has 8 heteroatoms. The van der Waals surface area contributed by atoms with Gasteiger partial charge in [0, 0.05) is 6.54 Å². The van der Waals surface area contributed by atoms with Gasteiger partial charge < -0.3 is 10.4 Å². The highest BCUT2D eigenvalue weighted by Crippen LogP contribution is 2.30. The predicted octanol–water partition coefficient (Wildman–Crippen LogP) is 3.08. The maximum atomic E-state index is 13.3. The molecule has 1 unspecified atom stereocenters. The number of likely N-dealkylation sites (N-methyl/N-ethyl adjacent to an activating group) is 1. The Hall–Kier alpha value is -2.22. The van der Waals surface area contributed by atoms with Crippen molar-refractivity contribution in [2.45, 2.75) is 26.8 Å². The Kier molecular flexibility index (Phi) is 5.15. The smallest absolute Gasteiger partial charge is 0.405 e. The lowest BCUT2D eigenvalue weighted by Crippen LogP contribution is -2.51. The number of rotatable bonds is 5. The first-order valence-corrected chi connectivity index (χ1v) is 8.02. The second-order valence-electron chi connectivity index (χ2n) is 5.36. The molecule has 1 aromatic carbocycles. The lowest BCUT2D eigenvalue weighted by atomic mass is 10.0. The number of fused-ring (bicyclic) bond motifs is 1. The summed E-state index contributed by atoms with van der Waals surface area (Å²) in [4.78, 5) is 29.4. The van der Waals surface area contributed by atoms with Gasteiger partial charge in [0.1, 0.15) is 11.9 Å². The van der Waals surface area contributed by atoms with Crippen LogP contribution in [0.25, 0.3) is 10.2 Å². The van der Waals surface area contributed by atoms with Crippen LogP contribution in [0, 0.1) is 11.7 Å². The summed E-state index contributed by atoms with van der Waals surface area (Å²) in [5, 5.41) is 11.6. The normalized spacial score (nSPS) is 12.4. The monoisotopic (exact) mass is 339 g/mol. The Balaban J connectivity index is 2.35. The van der Waals surface area contributed by atoms with Crippen LogP contribution in [0.1, 0.15) is 20.8 Å². The summed E-state index contributed by atoms with van der Waals surface area (Å²) in [6.07, 6.45) is -1.25. The van der Waals surface area contributed by atoms with Gasteiger partial charge in [0.05, 0.1) is 10.2 Å². The van der Waals surface area contributed by atoms with Gasteiger partial charge in [-0.3, -0.25) is 9.69 Å². The van der Waals surface area contributed by atoms with Crippen LogP contribution in [-0.4, -0.2) is 34.7 Å². The fourth-order valence-corrected chi connectivity index (χ4v) is 3.26. The van der Waals surface area contributed by atoms with Crippen LogP contribution in [0.4, 0.5) is 14.3 Å². The predicted molar refractivity (Wildman–Crippen MR) is 87.4 cm³/mol. The number of thiazole rings is 1. The van der Waals surface area contributed by atoms with E-state index in [0.717, 1.165) is 0 Å². The molecule has 2 amide bonds. The molecule has 0 fully saturated rings. The summed E-state index contributed by atoms with van der Waals surface area (Å²) in [5.41, 5.74) is 0.602. The number of hydrogen-bond donors (Lipinski definition) is 2. The molecule has 2 N–H and O–H groups in total.